The van der Waals surface area contributed by atoms with Crippen LogP contribution in [0.4, 0.5) is 0 Å². The normalized spacial score (nSPS) is 41.7. The molecule has 4 bridgehead atoms. The summed E-state index contributed by atoms with van der Waals surface area (Å²) in [7, 11) is 0. The van der Waals surface area contributed by atoms with Gasteiger partial charge in [0.25, 0.3) is 5.91 Å². The molecule has 5 atom stereocenters. The van der Waals surface area contributed by atoms with Crippen LogP contribution >= 0.6 is 0 Å². The van der Waals surface area contributed by atoms with E-state index < -0.39 is 17.1 Å². The average Bonchev–Trinajstić information content (AvgIpc) is 2.35. The van der Waals surface area contributed by atoms with Gasteiger partial charge in [-0.05, 0) is 64.2 Å². The molecule has 21 heavy (non-hydrogen) atoms. The Morgan fingerprint density at radius 2 is 1.90 bits per heavy atom. The highest BCUT2D eigenvalue weighted by Crippen LogP contribution is 2.62. The topological polar surface area (TPSA) is 75.6 Å². The van der Waals surface area contributed by atoms with Crippen molar-refractivity contribution in [2.75, 3.05) is 6.54 Å². The molecule has 2 unspecified atom stereocenters. The van der Waals surface area contributed by atoms with Gasteiger partial charge in [0.2, 0.25) is 0 Å². The minimum Gasteiger partial charge on any atom is -0.452 e. The molecule has 5 nitrogen and oxygen atoms in total. The molecule has 0 aliphatic heterocycles. The van der Waals surface area contributed by atoms with Crippen molar-refractivity contribution in [2.45, 2.75) is 64.1 Å². The number of hydrogen-bond acceptors (Lipinski definition) is 4. The average molecular weight is 295 g/mol. The van der Waals surface area contributed by atoms with Gasteiger partial charge in [-0.3, -0.25) is 9.59 Å². The van der Waals surface area contributed by atoms with Gasteiger partial charge < -0.3 is 15.2 Å². The molecule has 0 aromatic carbocycles. The number of esters is 1. The van der Waals surface area contributed by atoms with E-state index in [1.165, 1.54) is 0 Å². The Hall–Kier alpha value is -1.10. The van der Waals surface area contributed by atoms with Crippen molar-refractivity contribution in [3.8, 4) is 0 Å². The van der Waals surface area contributed by atoms with Crippen molar-refractivity contribution in [1.29, 1.82) is 0 Å². The molecule has 0 aromatic rings. The maximum atomic E-state index is 12.6. The van der Waals surface area contributed by atoms with Gasteiger partial charge in [0.05, 0.1) is 11.0 Å². The monoisotopic (exact) mass is 295 g/mol. The van der Waals surface area contributed by atoms with Crippen LogP contribution in [0.25, 0.3) is 0 Å². The number of carbonyl (C=O) groups excluding carboxylic acids is 2. The Kier molecular flexibility index (Phi) is 3.51. The summed E-state index contributed by atoms with van der Waals surface area (Å²) in [5.74, 6) is 0.329. The number of amides is 1. The molecule has 4 saturated carbocycles. The van der Waals surface area contributed by atoms with Crippen LogP contribution in [0.1, 0.15) is 52.4 Å². The van der Waals surface area contributed by atoms with Crippen molar-refractivity contribution in [2.24, 2.45) is 17.3 Å². The molecule has 0 aromatic heterocycles. The smallest absolute Gasteiger partial charge is 0.312 e. The standard InChI is InChI=1S/C16H25NO4/c1-3-17-13(18)10(2)21-14(19)15-5-11-4-12(6-15)8-16(20,7-11)9-15/h10-12,20H,3-9H2,1-2H3,(H,17,18)/t10-,11-,12+,15?,16?/m0/s1. The van der Waals surface area contributed by atoms with Crippen LogP contribution in [0.2, 0.25) is 0 Å². The van der Waals surface area contributed by atoms with Gasteiger partial charge in [0.1, 0.15) is 0 Å². The fourth-order valence-electron chi connectivity index (χ4n) is 5.11. The van der Waals surface area contributed by atoms with E-state index in [1.54, 1.807) is 6.92 Å². The van der Waals surface area contributed by atoms with Crippen molar-refractivity contribution in [3.05, 3.63) is 0 Å². The van der Waals surface area contributed by atoms with E-state index in [4.69, 9.17) is 4.74 Å². The number of aliphatic hydroxyl groups is 1. The first-order valence-electron chi connectivity index (χ1n) is 8.07. The van der Waals surface area contributed by atoms with Crippen molar-refractivity contribution in [3.63, 3.8) is 0 Å². The Balaban J connectivity index is 1.71. The number of likely N-dealkylation sites (N-methyl/N-ethyl adjacent to an activating group) is 1. The Bertz CT molecular complexity index is 447. The molecular formula is C16H25NO4. The summed E-state index contributed by atoms with van der Waals surface area (Å²) < 4.78 is 5.43. The van der Waals surface area contributed by atoms with Gasteiger partial charge in [0.15, 0.2) is 6.10 Å². The second-order valence-electron chi connectivity index (χ2n) is 7.41. The number of carbonyl (C=O) groups is 2. The molecule has 118 valence electrons. The number of hydrogen-bond donors (Lipinski definition) is 2. The molecule has 0 radical (unpaired) electrons. The summed E-state index contributed by atoms with van der Waals surface area (Å²) in [6.07, 6.45) is 4.14. The summed E-state index contributed by atoms with van der Waals surface area (Å²) in [5.41, 5.74) is -1.24. The molecule has 5 heteroatoms. The molecule has 4 fully saturated rings. The Morgan fingerprint density at radius 1 is 1.29 bits per heavy atom. The van der Waals surface area contributed by atoms with Gasteiger partial charge in [-0.2, -0.15) is 0 Å². The lowest BCUT2D eigenvalue weighted by Crippen LogP contribution is -2.59. The SMILES string of the molecule is CCNC(=O)[C@H](C)OC(=O)C12C[C@@H]3C[C@@H](CC(O)(C3)C1)C2. The van der Waals surface area contributed by atoms with Crippen LogP contribution in [-0.2, 0) is 14.3 Å². The fraction of sp³-hybridized carbons (Fsp3) is 0.875. The van der Waals surface area contributed by atoms with E-state index >= 15 is 0 Å². The maximum absolute atomic E-state index is 12.6. The molecule has 4 rings (SSSR count). The Labute approximate surface area is 125 Å². The zero-order chi connectivity index (χ0) is 15.3. The fourth-order valence-corrected chi connectivity index (χ4v) is 5.11. The van der Waals surface area contributed by atoms with E-state index in [0.29, 0.717) is 24.8 Å². The van der Waals surface area contributed by atoms with Gasteiger partial charge in [-0.25, -0.2) is 0 Å². The van der Waals surface area contributed by atoms with Crippen LogP contribution in [0.3, 0.4) is 0 Å². The summed E-state index contributed by atoms with van der Waals surface area (Å²) >= 11 is 0. The number of nitrogens with one attached hydrogen (secondary N) is 1. The minimum absolute atomic E-state index is 0.255. The maximum Gasteiger partial charge on any atom is 0.312 e. The summed E-state index contributed by atoms with van der Waals surface area (Å²) in [4.78, 5) is 24.4. The van der Waals surface area contributed by atoms with E-state index in [1.807, 2.05) is 6.92 Å². The predicted molar refractivity (Wildman–Crippen MR) is 76.3 cm³/mol. The number of ether oxygens (including phenoxy) is 1. The van der Waals surface area contributed by atoms with Gasteiger partial charge in [-0.15, -0.1) is 0 Å². The van der Waals surface area contributed by atoms with Crippen LogP contribution in [0, 0.1) is 17.3 Å². The molecule has 2 N–H and O–H groups in total. The Morgan fingerprint density at radius 3 is 2.43 bits per heavy atom. The van der Waals surface area contributed by atoms with Crippen LogP contribution < -0.4 is 5.32 Å². The lowest BCUT2D eigenvalue weighted by Gasteiger charge is -2.58. The third-order valence-electron chi connectivity index (χ3n) is 5.47. The van der Waals surface area contributed by atoms with E-state index in [-0.39, 0.29) is 11.9 Å². The molecule has 4 aliphatic rings. The highest BCUT2D eigenvalue weighted by Gasteiger charge is 2.61. The molecule has 0 heterocycles. The zero-order valence-corrected chi connectivity index (χ0v) is 12.9. The van der Waals surface area contributed by atoms with Gasteiger partial charge >= 0.3 is 5.97 Å². The largest absolute Gasteiger partial charge is 0.452 e. The first-order valence-corrected chi connectivity index (χ1v) is 8.07. The summed E-state index contributed by atoms with van der Waals surface area (Å²) in [6.45, 7) is 3.97. The van der Waals surface area contributed by atoms with Gasteiger partial charge in [-0.1, -0.05) is 0 Å². The van der Waals surface area contributed by atoms with Crippen molar-refractivity contribution >= 4 is 11.9 Å². The first kappa shape index (κ1) is 14.8. The lowest BCUT2D eigenvalue weighted by atomic mass is 9.48. The lowest BCUT2D eigenvalue weighted by molar-refractivity contribution is -0.199. The summed E-state index contributed by atoms with van der Waals surface area (Å²) in [6, 6.07) is 0. The minimum atomic E-state index is -0.764. The molecule has 1 amide bonds. The van der Waals surface area contributed by atoms with Crippen molar-refractivity contribution < 1.29 is 19.4 Å². The summed E-state index contributed by atoms with van der Waals surface area (Å²) in [5, 5.41) is 13.3. The zero-order valence-electron chi connectivity index (χ0n) is 12.9. The second-order valence-corrected chi connectivity index (χ2v) is 7.41. The highest BCUT2D eigenvalue weighted by atomic mass is 16.5. The molecule has 0 saturated heterocycles. The third-order valence-corrected chi connectivity index (χ3v) is 5.47. The molecular weight excluding hydrogens is 270 g/mol. The highest BCUT2D eigenvalue weighted by molar-refractivity contribution is 5.85. The van der Waals surface area contributed by atoms with Crippen molar-refractivity contribution in [1.82, 2.24) is 5.32 Å². The van der Waals surface area contributed by atoms with E-state index in [2.05, 4.69) is 5.32 Å². The van der Waals surface area contributed by atoms with Crippen LogP contribution in [0.5, 0.6) is 0 Å². The second kappa shape index (κ2) is 4.97. The molecule has 4 aliphatic carbocycles. The van der Waals surface area contributed by atoms with Crippen LogP contribution in [-0.4, -0.2) is 35.2 Å². The van der Waals surface area contributed by atoms with Gasteiger partial charge in [0, 0.05) is 6.54 Å². The quantitative estimate of drug-likeness (QED) is 0.768. The first-order chi connectivity index (χ1) is 9.86. The van der Waals surface area contributed by atoms with E-state index in [0.717, 1.165) is 32.1 Å². The third kappa shape index (κ3) is 2.56. The van der Waals surface area contributed by atoms with E-state index in [9.17, 15) is 14.7 Å². The van der Waals surface area contributed by atoms with Crippen LogP contribution in [0.15, 0.2) is 0 Å². The molecule has 0 spiro atoms. The predicted octanol–water partition coefficient (Wildman–Crippen LogP) is 1.39. The number of rotatable bonds is 4.